The maximum Gasteiger partial charge on any atom is 0.573 e. The molecule has 5 rings (SSSR count). The monoisotopic (exact) mass is 738 g/mol. The van der Waals surface area contributed by atoms with Crippen LogP contribution in [0.2, 0.25) is 0 Å². The summed E-state index contributed by atoms with van der Waals surface area (Å²) >= 11 is 0. The van der Waals surface area contributed by atoms with E-state index >= 15 is 4.39 Å². The molecule has 0 saturated carbocycles. The Morgan fingerprint density at radius 2 is 1.61 bits per heavy atom. The molecule has 1 saturated heterocycles. The molecule has 8 nitrogen and oxygen atoms in total. The fourth-order valence-corrected chi connectivity index (χ4v) is 7.90. The third kappa shape index (κ3) is 9.36. The summed E-state index contributed by atoms with van der Waals surface area (Å²) in [5.41, 5.74) is 0.434. The minimum atomic E-state index is -4.98. The Morgan fingerprint density at radius 1 is 0.941 bits per heavy atom. The van der Waals surface area contributed by atoms with Crippen LogP contribution in [0.5, 0.6) is 5.75 Å². The zero-order chi connectivity index (χ0) is 37.0. The second kappa shape index (κ2) is 15.3. The van der Waals surface area contributed by atoms with Gasteiger partial charge in [0, 0.05) is 48.6 Å². The molecule has 16 heteroatoms. The van der Waals surface area contributed by atoms with Crippen LogP contribution in [0.3, 0.4) is 0 Å². The Labute approximate surface area is 289 Å². The Bertz CT molecular complexity index is 1940. The van der Waals surface area contributed by atoms with Crippen LogP contribution in [0.4, 0.5) is 42.1 Å². The molecule has 3 atom stereocenters. The predicted molar refractivity (Wildman–Crippen MR) is 176 cm³/mol. The number of carbonyl (C=O) groups is 1. The molecule has 4 aromatic carbocycles. The van der Waals surface area contributed by atoms with E-state index in [-0.39, 0.29) is 53.7 Å². The zero-order valence-corrected chi connectivity index (χ0v) is 27.8. The highest BCUT2D eigenvalue weighted by molar-refractivity contribution is 7.92. The molecule has 1 aliphatic rings. The van der Waals surface area contributed by atoms with Crippen LogP contribution in [-0.2, 0) is 27.5 Å². The van der Waals surface area contributed by atoms with Gasteiger partial charge >= 0.3 is 6.36 Å². The van der Waals surface area contributed by atoms with E-state index in [0.29, 0.717) is 18.2 Å². The number of alkyl halides is 3. The highest BCUT2D eigenvalue weighted by Gasteiger charge is 2.47. The van der Waals surface area contributed by atoms with Crippen LogP contribution in [0, 0.1) is 23.3 Å². The number of hydrogen-bond donors (Lipinski definition) is 4. The number of ether oxygens (including phenoxy) is 1. The molecule has 0 radical (unpaired) electrons. The van der Waals surface area contributed by atoms with Gasteiger partial charge in [0.2, 0.25) is 5.91 Å². The molecule has 4 aromatic rings. The van der Waals surface area contributed by atoms with Crippen LogP contribution < -0.4 is 26.0 Å². The van der Waals surface area contributed by atoms with Crippen LogP contribution in [0.25, 0.3) is 0 Å². The third-order valence-electron chi connectivity index (χ3n) is 8.28. The molecular formula is C35H33F7N4O4S. The summed E-state index contributed by atoms with van der Waals surface area (Å²) in [6.07, 6.45) is -5.48. The summed E-state index contributed by atoms with van der Waals surface area (Å²) in [5, 5.41) is 11.6. The molecule has 272 valence electrons. The molecule has 0 aromatic heterocycles. The van der Waals surface area contributed by atoms with E-state index in [2.05, 4.69) is 26.0 Å². The lowest BCUT2D eigenvalue weighted by molar-refractivity contribution is -0.274. The van der Waals surface area contributed by atoms with E-state index in [4.69, 9.17) is 0 Å². The van der Waals surface area contributed by atoms with Gasteiger partial charge in [-0.1, -0.05) is 18.2 Å². The Balaban J connectivity index is 1.45. The molecule has 1 amide bonds. The molecule has 0 aliphatic carbocycles. The van der Waals surface area contributed by atoms with Gasteiger partial charge in [-0.3, -0.25) is 10.1 Å². The number of nitrogens with one attached hydrogen (secondary N) is 4. The number of hydrogen-bond acceptors (Lipinski definition) is 7. The van der Waals surface area contributed by atoms with Gasteiger partial charge in [-0.25, -0.2) is 26.0 Å². The number of piperazine rings is 1. The maximum atomic E-state index is 15.6. The lowest BCUT2D eigenvalue weighted by Crippen LogP contribution is -2.66. The highest BCUT2D eigenvalue weighted by Crippen LogP contribution is 2.34. The summed E-state index contributed by atoms with van der Waals surface area (Å²) in [4.78, 5) is 11.5. The minimum Gasteiger partial charge on any atom is -0.406 e. The van der Waals surface area contributed by atoms with Crippen molar-refractivity contribution in [1.82, 2.24) is 10.6 Å². The van der Waals surface area contributed by atoms with Gasteiger partial charge in [0.05, 0.1) is 4.90 Å². The van der Waals surface area contributed by atoms with Crippen molar-refractivity contribution >= 4 is 27.1 Å². The van der Waals surface area contributed by atoms with Crippen molar-refractivity contribution in [3.8, 4) is 5.75 Å². The van der Waals surface area contributed by atoms with Gasteiger partial charge in [0.1, 0.15) is 39.9 Å². The average Bonchev–Trinajstić information content (AvgIpc) is 3.04. The van der Waals surface area contributed by atoms with Crippen molar-refractivity contribution in [3.63, 3.8) is 0 Å². The van der Waals surface area contributed by atoms with E-state index in [1.54, 1.807) is 6.92 Å². The number of halogens is 7. The summed E-state index contributed by atoms with van der Waals surface area (Å²) in [5.74, 6) is -4.49. The average molecular weight is 739 g/mol. The fraction of sp³-hybridized carbons (Fsp3) is 0.286. The largest absolute Gasteiger partial charge is 0.573 e. The molecule has 51 heavy (non-hydrogen) atoms. The molecule has 4 N–H and O–H groups in total. The number of benzene rings is 4. The maximum absolute atomic E-state index is 15.6. The Hall–Kier alpha value is -4.67. The minimum absolute atomic E-state index is 0.00901. The van der Waals surface area contributed by atoms with E-state index < -0.39 is 62.0 Å². The fourth-order valence-electron chi connectivity index (χ4n) is 5.94. The van der Waals surface area contributed by atoms with Crippen molar-refractivity contribution in [2.45, 2.75) is 54.4 Å². The van der Waals surface area contributed by atoms with Crippen molar-refractivity contribution in [2.75, 3.05) is 23.7 Å². The van der Waals surface area contributed by atoms with E-state index in [0.717, 1.165) is 42.5 Å². The third-order valence-corrected chi connectivity index (χ3v) is 10.7. The molecule has 1 heterocycles. The van der Waals surface area contributed by atoms with Crippen molar-refractivity contribution in [3.05, 3.63) is 119 Å². The second-order valence-electron chi connectivity index (χ2n) is 12.1. The van der Waals surface area contributed by atoms with E-state index in [1.807, 2.05) is 0 Å². The first-order valence-electron chi connectivity index (χ1n) is 15.7. The normalized spacial score (nSPS) is 18.5. The van der Waals surface area contributed by atoms with Gasteiger partial charge in [0.15, 0.2) is 9.84 Å². The summed E-state index contributed by atoms with van der Waals surface area (Å²) < 4.78 is 127. The van der Waals surface area contributed by atoms with Gasteiger partial charge in [0.25, 0.3) is 0 Å². The van der Waals surface area contributed by atoms with Crippen LogP contribution in [0.15, 0.2) is 89.8 Å². The highest BCUT2D eigenvalue weighted by atomic mass is 32.2. The van der Waals surface area contributed by atoms with Crippen LogP contribution in [-0.4, -0.2) is 50.7 Å². The number of anilines is 2. The lowest BCUT2D eigenvalue weighted by atomic mass is 9.99. The van der Waals surface area contributed by atoms with Crippen LogP contribution in [0.1, 0.15) is 24.5 Å². The van der Waals surface area contributed by atoms with Crippen molar-refractivity contribution < 1.29 is 48.7 Å². The molecule has 1 aliphatic heterocycles. The molecule has 0 spiro atoms. The smallest absolute Gasteiger partial charge is 0.406 e. The summed E-state index contributed by atoms with van der Waals surface area (Å²) in [6, 6.07) is 13.9. The Kier molecular flexibility index (Phi) is 11.3. The zero-order valence-electron chi connectivity index (χ0n) is 27.0. The van der Waals surface area contributed by atoms with Gasteiger partial charge in [-0.15, -0.1) is 13.2 Å². The Morgan fingerprint density at radius 3 is 2.24 bits per heavy atom. The first kappa shape index (κ1) is 37.6. The molecule has 0 bridgehead atoms. The number of amides is 1. The van der Waals surface area contributed by atoms with Gasteiger partial charge < -0.3 is 20.7 Å². The summed E-state index contributed by atoms with van der Waals surface area (Å²) in [7, 11) is -4.34. The number of sulfone groups is 1. The topological polar surface area (TPSA) is 109 Å². The molecule has 0 unspecified atom stereocenters. The first-order chi connectivity index (χ1) is 24.0. The lowest BCUT2D eigenvalue weighted by Gasteiger charge is -2.41. The quantitative estimate of drug-likeness (QED) is 0.123. The van der Waals surface area contributed by atoms with Gasteiger partial charge in [-0.2, -0.15) is 0 Å². The summed E-state index contributed by atoms with van der Waals surface area (Å²) in [6.45, 7) is 2.00. The SMILES string of the molecule is C[C@H]1CNC[C@](CCc2c(F)cccc2N[C@@H](Cc2ccc(F)cc2)C(=O)Nc2cc(F)cc(F)c2)(S(=O)(=O)c2ccc(OC(F)(F)F)cc2)N1. The molecule has 1 fully saturated rings. The molecular weight excluding hydrogens is 705 g/mol. The number of rotatable bonds is 12. The van der Waals surface area contributed by atoms with E-state index in [9.17, 15) is 39.6 Å². The van der Waals surface area contributed by atoms with E-state index in [1.165, 1.54) is 36.4 Å². The standard InChI is InChI=1S/C35H33F7N4O4S/c1-21-19-43-20-34(46-21,51(48,49)28-11-9-27(10-12-28)50-35(40,41)42)14-13-29-30(39)3-2-4-31(29)45-32(15-22-5-7-23(36)8-6-22)33(47)44-26-17-24(37)16-25(38)18-26/h2-12,16-18,21,32,43,45-46H,13-15,19-20H2,1H3,(H,44,47)/t21-,32-,34-/m0/s1. The van der Waals surface area contributed by atoms with Crippen LogP contribution >= 0.6 is 0 Å². The van der Waals surface area contributed by atoms with Crippen molar-refractivity contribution in [1.29, 1.82) is 0 Å². The van der Waals surface area contributed by atoms with Gasteiger partial charge in [-0.05, 0) is 86.0 Å². The predicted octanol–water partition coefficient (Wildman–Crippen LogP) is 6.49. The van der Waals surface area contributed by atoms with Crippen molar-refractivity contribution in [2.24, 2.45) is 0 Å². The number of carbonyl (C=O) groups excluding carboxylic acids is 1. The first-order valence-corrected chi connectivity index (χ1v) is 17.2. The second-order valence-corrected chi connectivity index (χ2v) is 14.4.